The van der Waals surface area contributed by atoms with E-state index in [-0.39, 0.29) is 10.5 Å². The molecule has 8 heteroatoms. The summed E-state index contributed by atoms with van der Waals surface area (Å²) in [7, 11) is -3.46. The third-order valence-electron chi connectivity index (χ3n) is 3.37. The smallest absolute Gasteiger partial charge is 0.419 e. The lowest BCUT2D eigenvalue weighted by Crippen LogP contribution is -2.29. The Morgan fingerprint density at radius 3 is 2.29 bits per heavy atom. The lowest BCUT2D eigenvalue weighted by atomic mass is 10.1. The molecule has 0 aliphatic carbocycles. The van der Waals surface area contributed by atoms with E-state index >= 15 is 0 Å². The van der Waals surface area contributed by atoms with Crippen LogP contribution in [0.2, 0.25) is 0 Å². The summed E-state index contributed by atoms with van der Waals surface area (Å²) < 4.78 is 30.0. The number of ether oxygens (including phenoxy) is 1. The van der Waals surface area contributed by atoms with Gasteiger partial charge in [0.15, 0.2) is 9.84 Å². The molecule has 0 radical (unpaired) electrons. The monoisotopic (exact) mass is 310 g/mol. The Morgan fingerprint density at radius 2 is 1.81 bits per heavy atom. The van der Waals surface area contributed by atoms with Crippen LogP contribution < -0.4 is 0 Å². The molecule has 1 aliphatic rings. The molecule has 2 rings (SSSR count). The second-order valence-corrected chi connectivity index (χ2v) is 6.86. The molecule has 7 nitrogen and oxygen atoms in total. The molecule has 112 valence electrons. The van der Waals surface area contributed by atoms with Crippen LogP contribution in [0.4, 0.5) is 0 Å². The zero-order valence-corrected chi connectivity index (χ0v) is 11.9. The largest absolute Gasteiger partial charge is 0.472 e. The van der Waals surface area contributed by atoms with Gasteiger partial charge in [0.2, 0.25) is 0 Å². The standard InChI is InChI=1S/C13H14N2O5S/c14-15-12(13(16)17)9-1-3-10(4-2-9)21(18,19)11-5-7-20-8-6-11/h1-4,11H,5-8H2,(H,16,17). The second-order valence-electron chi connectivity index (χ2n) is 4.63. The number of aliphatic carboxylic acids is 1. The molecule has 0 unspecified atom stereocenters. The minimum Gasteiger partial charge on any atom is -0.472 e. The normalized spacial score (nSPS) is 16.2. The van der Waals surface area contributed by atoms with E-state index in [9.17, 15) is 13.2 Å². The number of nitrogens with zero attached hydrogens (tertiary/aromatic N) is 2. The second kappa shape index (κ2) is 6.17. The summed E-state index contributed by atoms with van der Waals surface area (Å²) in [5.41, 5.74) is 8.26. The third-order valence-corrected chi connectivity index (χ3v) is 5.64. The Labute approximate surface area is 121 Å². The van der Waals surface area contributed by atoms with Crippen LogP contribution in [0.25, 0.3) is 5.53 Å². The van der Waals surface area contributed by atoms with Gasteiger partial charge in [-0.3, -0.25) is 0 Å². The third kappa shape index (κ3) is 3.18. The van der Waals surface area contributed by atoms with Crippen LogP contribution in [-0.4, -0.2) is 48.5 Å². The van der Waals surface area contributed by atoms with Gasteiger partial charge in [-0.25, -0.2) is 13.2 Å². The van der Waals surface area contributed by atoms with E-state index in [4.69, 9.17) is 15.4 Å². The summed E-state index contributed by atoms with van der Waals surface area (Å²) in [5, 5.41) is 8.35. The first-order chi connectivity index (χ1) is 9.96. The Balaban J connectivity index is 2.30. The van der Waals surface area contributed by atoms with E-state index in [2.05, 4.69) is 4.79 Å². The number of carbonyl (C=O) groups is 1. The van der Waals surface area contributed by atoms with Gasteiger partial charge in [0.1, 0.15) is 0 Å². The van der Waals surface area contributed by atoms with Gasteiger partial charge in [-0.2, -0.15) is 4.79 Å². The molecular weight excluding hydrogens is 296 g/mol. The van der Waals surface area contributed by atoms with Crippen molar-refractivity contribution in [3.63, 3.8) is 0 Å². The van der Waals surface area contributed by atoms with Crippen molar-refractivity contribution in [2.45, 2.75) is 23.0 Å². The van der Waals surface area contributed by atoms with Gasteiger partial charge in [-0.1, -0.05) is 0 Å². The maximum Gasteiger partial charge on any atom is 0.419 e. The van der Waals surface area contributed by atoms with Crippen LogP contribution in [-0.2, 0) is 19.4 Å². The van der Waals surface area contributed by atoms with Crippen LogP contribution >= 0.6 is 0 Å². The highest BCUT2D eigenvalue weighted by molar-refractivity contribution is 7.92. The van der Waals surface area contributed by atoms with E-state index in [1.807, 2.05) is 0 Å². The average molecular weight is 310 g/mol. The van der Waals surface area contributed by atoms with Crippen molar-refractivity contribution >= 4 is 21.5 Å². The molecule has 1 heterocycles. The number of rotatable bonds is 4. The van der Waals surface area contributed by atoms with Gasteiger partial charge < -0.3 is 15.4 Å². The molecule has 1 aromatic rings. The quantitative estimate of drug-likeness (QED) is 0.500. The molecule has 1 aliphatic heterocycles. The fourth-order valence-corrected chi connectivity index (χ4v) is 3.92. The Morgan fingerprint density at radius 1 is 1.24 bits per heavy atom. The predicted molar refractivity (Wildman–Crippen MR) is 72.8 cm³/mol. The van der Waals surface area contributed by atoms with Gasteiger partial charge >= 0.3 is 11.7 Å². The predicted octanol–water partition coefficient (Wildman–Crippen LogP) is 0.743. The molecule has 21 heavy (non-hydrogen) atoms. The van der Waals surface area contributed by atoms with Crippen molar-refractivity contribution in [3.05, 3.63) is 35.4 Å². The van der Waals surface area contributed by atoms with Crippen molar-refractivity contribution in [1.82, 2.24) is 0 Å². The molecule has 0 atom stereocenters. The fourth-order valence-electron chi connectivity index (χ4n) is 2.21. The maximum atomic E-state index is 12.4. The van der Waals surface area contributed by atoms with E-state index < -0.39 is 26.8 Å². The topological polar surface area (TPSA) is 117 Å². The summed E-state index contributed by atoms with van der Waals surface area (Å²) >= 11 is 0. The van der Waals surface area contributed by atoms with Crippen molar-refractivity contribution in [1.29, 1.82) is 0 Å². The maximum absolute atomic E-state index is 12.4. The minimum atomic E-state index is -3.46. The molecule has 1 N–H and O–H groups in total. The van der Waals surface area contributed by atoms with Gasteiger partial charge in [-0.05, 0) is 37.1 Å². The van der Waals surface area contributed by atoms with E-state index in [1.54, 1.807) is 0 Å². The van der Waals surface area contributed by atoms with E-state index in [0.29, 0.717) is 26.1 Å². The summed E-state index contributed by atoms with van der Waals surface area (Å²) in [6.45, 7) is 0.838. The van der Waals surface area contributed by atoms with Crippen LogP contribution in [0.15, 0.2) is 29.2 Å². The van der Waals surface area contributed by atoms with Gasteiger partial charge in [0.05, 0.1) is 15.7 Å². The molecule has 0 amide bonds. The van der Waals surface area contributed by atoms with Gasteiger partial charge in [-0.15, -0.1) is 0 Å². The first kappa shape index (κ1) is 15.4. The number of hydrogen-bond donors (Lipinski definition) is 1. The number of benzene rings is 1. The molecule has 1 aromatic carbocycles. The Bertz CT molecular complexity index is 684. The number of carboxylic acid groups (broad SMARTS) is 1. The van der Waals surface area contributed by atoms with E-state index in [0.717, 1.165) is 0 Å². The highest BCUT2D eigenvalue weighted by Crippen LogP contribution is 2.23. The molecule has 0 spiro atoms. The first-order valence-electron chi connectivity index (χ1n) is 6.34. The number of sulfone groups is 1. The molecule has 1 saturated heterocycles. The van der Waals surface area contributed by atoms with Crippen LogP contribution in [0.3, 0.4) is 0 Å². The van der Waals surface area contributed by atoms with Gasteiger partial charge in [0.25, 0.3) is 0 Å². The Kier molecular flexibility index (Phi) is 4.52. The number of hydrogen-bond acceptors (Lipinski definition) is 4. The molecule has 0 aromatic heterocycles. The molecular formula is C13H14N2O5S. The van der Waals surface area contributed by atoms with Gasteiger partial charge in [0, 0.05) is 13.2 Å². The number of carboxylic acids is 1. The summed E-state index contributed by atoms with van der Waals surface area (Å²) in [5.74, 6) is -1.39. The minimum absolute atomic E-state index is 0.126. The van der Waals surface area contributed by atoms with Crippen molar-refractivity contribution in [2.24, 2.45) is 0 Å². The molecule has 0 saturated carbocycles. The van der Waals surface area contributed by atoms with Crippen molar-refractivity contribution in [3.8, 4) is 0 Å². The SMILES string of the molecule is [N-]=[N+]=C(C(=O)O)c1ccc(S(=O)(=O)C2CCOCC2)cc1. The Hall–Kier alpha value is -2.02. The zero-order valence-electron chi connectivity index (χ0n) is 11.1. The average Bonchev–Trinajstić information content (AvgIpc) is 2.49. The zero-order chi connectivity index (χ0) is 15.5. The molecule has 0 bridgehead atoms. The highest BCUT2D eigenvalue weighted by atomic mass is 32.2. The van der Waals surface area contributed by atoms with Crippen LogP contribution in [0.5, 0.6) is 0 Å². The van der Waals surface area contributed by atoms with Crippen molar-refractivity contribution in [2.75, 3.05) is 13.2 Å². The van der Waals surface area contributed by atoms with Crippen LogP contribution in [0, 0.1) is 0 Å². The lowest BCUT2D eigenvalue weighted by Gasteiger charge is -2.22. The summed E-state index contributed by atoms with van der Waals surface area (Å²) in [6, 6.07) is 5.28. The summed E-state index contributed by atoms with van der Waals surface area (Å²) in [4.78, 5) is 13.7. The first-order valence-corrected chi connectivity index (χ1v) is 7.89. The van der Waals surface area contributed by atoms with Crippen LogP contribution in [0.1, 0.15) is 18.4 Å². The van der Waals surface area contributed by atoms with Crippen molar-refractivity contribution < 1.29 is 27.8 Å². The fraction of sp³-hybridized carbons (Fsp3) is 0.385. The lowest BCUT2D eigenvalue weighted by molar-refractivity contribution is -0.133. The van der Waals surface area contributed by atoms with E-state index in [1.165, 1.54) is 24.3 Å². The highest BCUT2D eigenvalue weighted by Gasteiger charge is 2.30. The summed E-state index contributed by atoms with van der Waals surface area (Å²) in [6.07, 6.45) is 0.894. The molecule has 1 fully saturated rings.